The molecule has 0 aromatic carbocycles. The first kappa shape index (κ1) is 16.1. The van der Waals surface area contributed by atoms with E-state index in [0.717, 1.165) is 6.54 Å². The summed E-state index contributed by atoms with van der Waals surface area (Å²) < 4.78 is 31.6. The summed E-state index contributed by atoms with van der Waals surface area (Å²) >= 11 is 0. The van der Waals surface area contributed by atoms with Gasteiger partial charge in [-0.3, -0.25) is 5.10 Å². The highest BCUT2D eigenvalue weighted by molar-refractivity contribution is 7.89. The summed E-state index contributed by atoms with van der Waals surface area (Å²) in [6.45, 7) is 2.00. The van der Waals surface area contributed by atoms with Gasteiger partial charge in [-0.15, -0.1) is 0 Å². The molecule has 0 spiro atoms. The van der Waals surface area contributed by atoms with Crippen LogP contribution in [0.15, 0.2) is 11.2 Å². The van der Waals surface area contributed by atoms with Crippen LogP contribution < -0.4 is 10.5 Å². The molecular weight excluding hydrogens is 270 g/mol. The lowest BCUT2D eigenvalue weighted by atomic mass is 10.4. The van der Waals surface area contributed by atoms with Crippen molar-refractivity contribution < 1.29 is 13.2 Å². The van der Waals surface area contributed by atoms with E-state index in [2.05, 4.69) is 14.9 Å². The van der Waals surface area contributed by atoms with Gasteiger partial charge in [-0.2, -0.15) is 5.10 Å². The van der Waals surface area contributed by atoms with E-state index in [-0.39, 0.29) is 18.1 Å². The molecule has 0 radical (unpaired) electrons. The van der Waals surface area contributed by atoms with Gasteiger partial charge in [-0.25, -0.2) is 13.1 Å². The van der Waals surface area contributed by atoms with Crippen LogP contribution in [0, 0.1) is 0 Å². The third-order valence-electron chi connectivity index (χ3n) is 2.39. The van der Waals surface area contributed by atoms with Crippen LogP contribution in [-0.4, -0.2) is 63.9 Å². The second-order valence-corrected chi connectivity index (χ2v) is 5.95. The number of rotatable bonds is 9. The number of sulfonamides is 1. The molecule has 0 fully saturated rings. The number of nitrogens with zero attached hydrogens (tertiary/aromatic N) is 2. The van der Waals surface area contributed by atoms with Crippen molar-refractivity contribution in [1.29, 1.82) is 0 Å². The highest BCUT2D eigenvalue weighted by Crippen LogP contribution is 2.10. The van der Waals surface area contributed by atoms with Gasteiger partial charge < -0.3 is 15.4 Å². The average Bonchev–Trinajstić information content (AvgIpc) is 2.82. The highest BCUT2D eigenvalue weighted by atomic mass is 32.2. The first-order valence-electron chi connectivity index (χ1n) is 5.92. The van der Waals surface area contributed by atoms with Crippen LogP contribution in [0.3, 0.4) is 0 Å². The molecular formula is C10H21N5O3S. The lowest BCUT2D eigenvalue weighted by Crippen LogP contribution is -2.29. The summed E-state index contributed by atoms with van der Waals surface area (Å²) in [6, 6.07) is 0. The van der Waals surface area contributed by atoms with Gasteiger partial charge in [-0.1, -0.05) is 0 Å². The van der Waals surface area contributed by atoms with Crippen molar-refractivity contribution in [2.24, 2.45) is 5.73 Å². The lowest BCUT2D eigenvalue weighted by Gasteiger charge is -2.10. The third-order valence-corrected chi connectivity index (χ3v) is 3.86. The minimum absolute atomic E-state index is 0.0169. The van der Waals surface area contributed by atoms with Gasteiger partial charge in [0.1, 0.15) is 0 Å². The summed E-state index contributed by atoms with van der Waals surface area (Å²) in [5.41, 5.74) is 5.89. The zero-order valence-electron chi connectivity index (χ0n) is 11.2. The van der Waals surface area contributed by atoms with Gasteiger partial charge in [0, 0.05) is 25.2 Å². The summed E-state index contributed by atoms with van der Waals surface area (Å²) in [5, 5.41) is 6.13. The molecule has 0 saturated carbocycles. The summed E-state index contributed by atoms with van der Waals surface area (Å²) in [5.74, 6) is 0. The Kier molecular flexibility index (Phi) is 6.38. The van der Waals surface area contributed by atoms with Gasteiger partial charge in [0.05, 0.1) is 19.4 Å². The van der Waals surface area contributed by atoms with Crippen molar-refractivity contribution in [3.8, 4) is 0 Å². The van der Waals surface area contributed by atoms with E-state index in [0.29, 0.717) is 18.8 Å². The number of nitrogens with two attached hydrogens (primary N) is 1. The molecule has 0 atom stereocenters. The molecule has 0 amide bonds. The Bertz CT molecular complexity index is 471. The van der Waals surface area contributed by atoms with E-state index in [1.165, 1.54) is 6.20 Å². The molecule has 9 heteroatoms. The van der Waals surface area contributed by atoms with Crippen LogP contribution in [0.25, 0.3) is 0 Å². The number of aromatic nitrogens is 2. The van der Waals surface area contributed by atoms with Gasteiger partial charge in [0.2, 0.25) is 0 Å². The van der Waals surface area contributed by atoms with Crippen molar-refractivity contribution in [2.75, 3.05) is 40.4 Å². The van der Waals surface area contributed by atoms with Gasteiger partial charge >= 0.3 is 0 Å². The van der Waals surface area contributed by atoms with Gasteiger partial charge in [-0.05, 0) is 14.1 Å². The second kappa shape index (κ2) is 7.56. The van der Waals surface area contributed by atoms with Crippen molar-refractivity contribution >= 4 is 10.0 Å². The topological polar surface area (TPSA) is 113 Å². The first-order chi connectivity index (χ1) is 8.97. The fourth-order valence-corrected chi connectivity index (χ4v) is 2.50. The van der Waals surface area contributed by atoms with Crippen molar-refractivity contribution in [3.63, 3.8) is 0 Å². The first-order valence-corrected chi connectivity index (χ1v) is 7.40. The van der Waals surface area contributed by atoms with Crippen LogP contribution in [-0.2, 0) is 21.3 Å². The zero-order valence-corrected chi connectivity index (χ0v) is 12.0. The Hall–Kier alpha value is -1.00. The predicted molar refractivity (Wildman–Crippen MR) is 71.0 cm³/mol. The number of hydrogen-bond acceptors (Lipinski definition) is 6. The number of ether oxygens (including phenoxy) is 1. The molecule has 1 aromatic heterocycles. The molecule has 0 aliphatic heterocycles. The average molecular weight is 291 g/mol. The van der Waals surface area contributed by atoms with E-state index in [1.807, 2.05) is 19.0 Å². The minimum Gasteiger partial charge on any atom is -0.379 e. The molecule has 8 nitrogen and oxygen atoms in total. The Labute approximate surface area is 113 Å². The largest absolute Gasteiger partial charge is 0.379 e. The normalized spacial score (nSPS) is 12.2. The van der Waals surface area contributed by atoms with Crippen molar-refractivity contribution in [2.45, 2.75) is 11.6 Å². The zero-order chi connectivity index (χ0) is 14.3. The van der Waals surface area contributed by atoms with Gasteiger partial charge in [0.25, 0.3) is 10.0 Å². The molecule has 0 aliphatic rings. The van der Waals surface area contributed by atoms with Gasteiger partial charge in [0.15, 0.2) is 5.03 Å². The fourth-order valence-electron chi connectivity index (χ4n) is 1.35. The smallest absolute Gasteiger partial charge is 0.257 e. The number of aromatic amines is 1. The molecule has 0 unspecified atom stereocenters. The maximum Gasteiger partial charge on any atom is 0.257 e. The third kappa shape index (κ3) is 5.25. The number of hydrogen-bond donors (Lipinski definition) is 3. The molecule has 1 rings (SSSR count). The minimum atomic E-state index is -3.60. The van der Waals surface area contributed by atoms with Crippen LogP contribution in [0.4, 0.5) is 0 Å². The Morgan fingerprint density at radius 1 is 1.47 bits per heavy atom. The maximum atomic E-state index is 11.9. The molecule has 4 N–H and O–H groups in total. The van der Waals surface area contributed by atoms with E-state index < -0.39 is 10.0 Å². The number of H-pyrrole nitrogens is 1. The van der Waals surface area contributed by atoms with Crippen LogP contribution in [0.2, 0.25) is 0 Å². The van der Waals surface area contributed by atoms with Crippen molar-refractivity contribution in [3.05, 3.63) is 11.8 Å². The fraction of sp³-hybridized carbons (Fsp3) is 0.700. The predicted octanol–water partition coefficient (Wildman–Crippen LogP) is -1.28. The van der Waals surface area contributed by atoms with Crippen LogP contribution in [0.5, 0.6) is 0 Å². The van der Waals surface area contributed by atoms with E-state index >= 15 is 0 Å². The van der Waals surface area contributed by atoms with Crippen LogP contribution >= 0.6 is 0 Å². The Morgan fingerprint density at radius 2 is 2.21 bits per heavy atom. The molecule has 1 heterocycles. The Morgan fingerprint density at radius 3 is 2.84 bits per heavy atom. The standard InChI is InChI=1S/C10H21N5O3S/c1-15(2)4-6-18-5-3-13-19(16,17)10-9(7-11)8-12-14-10/h8,13H,3-7,11H2,1-2H3,(H,12,14). The second-order valence-electron chi connectivity index (χ2n) is 4.24. The quantitative estimate of drug-likeness (QED) is 0.489. The molecule has 1 aromatic rings. The van der Waals surface area contributed by atoms with E-state index in [1.54, 1.807) is 0 Å². The lowest BCUT2D eigenvalue weighted by molar-refractivity contribution is 0.122. The highest BCUT2D eigenvalue weighted by Gasteiger charge is 2.19. The number of nitrogens with one attached hydrogen (secondary N) is 2. The molecule has 0 saturated heterocycles. The van der Waals surface area contributed by atoms with Crippen LogP contribution in [0.1, 0.15) is 5.56 Å². The van der Waals surface area contributed by atoms with Crippen molar-refractivity contribution in [1.82, 2.24) is 19.8 Å². The monoisotopic (exact) mass is 291 g/mol. The molecule has 110 valence electrons. The number of likely N-dealkylation sites (N-methyl/N-ethyl adjacent to an activating group) is 1. The summed E-state index contributed by atoms with van der Waals surface area (Å²) in [6.07, 6.45) is 1.40. The molecule has 19 heavy (non-hydrogen) atoms. The maximum absolute atomic E-state index is 11.9. The summed E-state index contributed by atoms with van der Waals surface area (Å²) in [7, 11) is 0.285. The molecule has 0 aliphatic carbocycles. The van der Waals surface area contributed by atoms with E-state index in [9.17, 15) is 8.42 Å². The Balaban J connectivity index is 2.36. The summed E-state index contributed by atoms with van der Waals surface area (Å²) in [4.78, 5) is 1.99. The van der Waals surface area contributed by atoms with E-state index in [4.69, 9.17) is 10.5 Å². The SMILES string of the molecule is CN(C)CCOCCNS(=O)(=O)c1[nH]ncc1CN. The molecule has 0 bridgehead atoms.